The molecule has 0 saturated carbocycles. The Balaban J connectivity index is 1.74. The van der Waals surface area contributed by atoms with Crippen LogP contribution >= 0.6 is 0 Å². The molecule has 2 saturated heterocycles. The van der Waals surface area contributed by atoms with Crippen LogP contribution in [0.3, 0.4) is 0 Å². The zero-order valence-corrected chi connectivity index (χ0v) is 20.2. The van der Waals surface area contributed by atoms with Gasteiger partial charge in [-0.3, -0.25) is 4.79 Å². The van der Waals surface area contributed by atoms with Crippen LogP contribution in [0.15, 0.2) is 47.4 Å². The highest BCUT2D eigenvalue weighted by Gasteiger charge is 2.50. The number of carbonyl (C=O) groups excluding carboxylic acids is 1. The van der Waals surface area contributed by atoms with E-state index in [4.69, 9.17) is 0 Å². The number of benzene rings is 2. The molecular weight excluding hydrogens is 524 g/mol. The Kier molecular flexibility index (Phi) is 7.59. The molecule has 1 amide bonds. The van der Waals surface area contributed by atoms with Gasteiger partial charge in [0, 0.05) is 18.2 Å². The highest BCUT2D eigenvalue weighted by atomic mass is 32.2. The Bertz CT molecular complexity index is 1240. The van der Waals surface area contributed by atoms with Gasteiger partial charge in [0.1, 0.15) is 11.6 Å². The van der Waals surface area contributed by atoms with E-state index in [0.29, 0.717) is 25.5 Å². The van der Waals surface area contributed by atoms with Crippen LogP contribution < -0.4 is 16.0 Å². The molecule has 0 aliphatic carbocycles. The largest absolute Gasteiger partial charge is 0.393 e. The van der Waals surface area contributed by atoms with Crippen molar-refractivity contribution >= 4 is 15.7 Å². The number of halogens is 6. The summed E-state index contributed by atoms with van der Waals surface area (Å²) in [4.78, 5) is 12.2. The minimum absolute atomic E-state index is 0.0280. The third kappa shape index (κ3) is 5.63. The van der Waals surface area contributed by atoms with Crippen LogP contribution in [0, 0.1) is 17.6 Å². The van der Waals surface area contributed by atoms with Crippen LogP contribution in [-0.4, -0.2) is 39.6 Å². The maximum atomic E-state index is 16.8. The fraction of sp³-hybridized carbons (Fsp3) is 0.458. The third-order valence-corrected chi connectivity index (χ3v) is 8.70. The molecule has 2 aromatic carbocycles. The minimum atomic E-state index is -5.12. The van der Waals surface area contributed by atoms with Crippen molar-refractivity contribution < 1.29 is 39.6 Å². The molecule has 4 unspecified atom stereocenters. The van der Waals surface area contributed by atoms with Gasteiger partial charge < -0.3 is 16.0 Å². The fourth-order valence-corrected chi connectivity index (χ4v) is 6.13. The summed E-state index contributed by atoms with van der Waals surface area (Å²) in [6.07, 6.45) is -3.82. The second-order valence-electron chi connectivity index (χ2n) is 9.24. The summed E-state index contributed by atoms with van der Waals surface area (Å²) in [5, 5.41) is 3.73. The third-order valence-electron chi connectivity index (χ3n) is 6.73. The van der Waals surface area contributed by atoms with Crippen molar-refractivity contribution in [3.8, 4) is 0 Å². The van der Waals surface area contributed by atoms with Crippen LogP contribution in [0.5, 0.6) is 0 Å². The summed E-state index contributed by atoms with van der Waals surface area (Å²) in [5.74, 6) is -4.40. The van der Waals surface area contributed by atoms with Crippen molar-refractivity contribution in [3.63, 3.8) is 0 Å². The highest BCUT2D eigenvalue weighted by molar-refractivity contribution is 7.92. The number of hydrogen-bond donors (Lipinski definition) is 3. The van der Waals surface area contributed by atoms with E-state index >= 15 is 4.39 Å². The first kappa shape index (κ1) is 27.4. The van der Waals surface area contributed by atoms with Gasteiger partial charge in [0.05, 0.1) is 16.9 Å². The van der Waals surface area contributed by atoms with E-state index in [0.717, 1.165) is 36.4 Å². The number of sulfone groups is 1. The van der Waals surface area contributed by atoms with Crippen molar-refractivity contribution in [1.29, 1.82) is 0 Å². The second kappa shape index (κ2) is 10.3. The van der Waals surface area contributed by atoms with Crippen LogP contribution in [0.2, 0.25) is 0 Å². The molecule has 202 valence electrons. The molecule has 4 rings (SSSR count). The molecule has 2 aliphatic rings. The number of alkyl halides is 4. The molecule has 4 atom stereocenters. The zero-order valence-electron chi connectivity index (χ0n) is 19.4. The van der Waals surface area contributed by atoms with E-state index in [-0.39, 0.29) is 18.4 Å². The SMILES string of the molecule is O=C(NC(F)(c1cc(F)cc(C2CCC(C(F)(F)F)CN2)c1)S(=O)(=O)c1ccc(F)cc1)C1CCCN1. The lowest BCUT2D eigenvalue weighted by Crippen LogP contribution is -2.53. The second-order valence-corrected chi connectivity index (χ2v) is 11.3. The van der Waals surface area contributed by atoms with Crippen LogP contribution in [0.1, 0.15) is 42.9 Å². The molecule has 0 aromatic heterocycles. The average Bonchev–Trinajstić information content (AvgIpc) is 3.39. The number of piperidine rings is 1. The lowest BCUT2D eigenvalue weighted by Gasteiger charge is -2.32. The number of nitrogens with one attached hydrogen (secondary N) is 3. The van der Waals surface area contributed by atoms with E-state index in [9.17, 15) is 35.2 Å². The molecule has 3 N–H and O–H groups in total. The number of hydrogen-bond acceptors (Lipinski definition) is 5. The summed E-state index contributed by atoms with van der Waals surface area (Å²) in [7, 11) is -5.12. The highest BCUT2D eigenvalue weighted by Crippen LogP contribution is 2.39. The van der Waals surface area contributed by atoms with Gasteiger partial charge in [-0.05, 0) is 80.3 Å². The van der Waals surface area contributed by atoms with Crippen LogP contribution in [0.4, 0.5) is 26.3 Å². The number of rotatable bonds is 6. The first-order valence-electron chi connectivity index (χ1n) is 11.7. The summed E-state index contributed by atoms with van der Waals surface area (Å²) >= 11 is 0. The zero-order chi connectivity index (χ0) is 27.0. The van der Waals surface area contributed by atoms with Crippen LogP contribution in [0.25, 0.3) is 0 Å². The maximum Gasteiger partial charge on any atom is 0.393 e. The van der Waals surface area contributed by atoms with Gasteiger partial charge in [0.15, 0.2) is 0 Å². The van der Waals surface area contributed by atoms with Crippen molar-refractivity contribution in [2.24, 2.45) is 5.92 Å². The number of amides is 1. The van der Waals surface area contributed by atoms with E-state index in [1.807, 2.05) is 5.32 Å². The van der Waals surface area contributed by atoms with Gasteiger partial charge in [0.25, 0.3) is 0 Å². The minimum Gasteiger partial charge on any atom is -0.309 e. The standard InChI is InChI=1S/C24H25F6N3O3S/c25-17-4-6-19(7-5-17)37(35,36)24(30,33-22(34)21-2-1-9-31-21)16-10-14(11-18(26)12-16)20-8-3-15(13-32-20)23(27,28)29/h4-7,10-12,15,20-21,31-32H,1-3,8-9,13H2,(H,33,34). The molecule has 2 fully saturated rings. The molecule has 2 heterocycles. The van der Waals surface area contributed by atoms with Crippen molar-refractivity contribution in [1.82, 2.24) is 16.0 Å². The molecule has 6 nitrogen and oxygen atoms in total. The predicted molar refractivity (Wildman–Crippen MR) is 121 cm³/mol. The monoisotopic (exact) mass is 549 g/mol. The van der Waals surface area contributed by atoms with Gasteiger partial charge in [-0.1, -0.05) is 0 Å². The summed E-state index contributed by atoms with van der Waals surface area (Å²) in [6, 6.07) is 4.13. The quantitative estimate of drug-likeness (QED) is 0.288. The summed E-state index contributed by atoms with van der Waals surface area (Å²) in [5.41, 5.74) is -0.738. The van der Waals surface area contributed by atoms with Gasteiger partial charge in [0.2, 0.25) is 15.7 Å². The Morgan fingerprint density at radius 1 is 0.919 bits per heavy atom. The molecule has 2 aliphatic heterocycles. The summed E-state index contributed by atoms with van der Waals surface area (Å²) in [6.45, 7) is 0.0111. The molecule has 0 bridgehead atoms. The lowest BCUT2D eigenvalue weighted by molar-refractivity contribution is -0.179. The maximum absolute atomic E-state index is 16.8. The van der Waals surface area contributed by atoms with Crippen molar-refractivity contribution in [3.05, 3.63) is 65.2 Å². The molecule has 37 heavy (non-hydrogen) atoms. The molecule has 0 spiro atoms. The lowest BCUT2D eigenvalue weighted by atomic mass is 9.90. The van der Waals surface area contributed by atoms with Crippen molar-refractivity contribution in [2.75, 3.05) is 13.1 Å². The normalized spacial score (nSPS) is 24.4. The first-order chi connectivity index (χ1) is 17.3. The first-order valence-corrected chi connectivity index (χ1v) is 13.1. The van der Waals surface area contributed by atoms with E-state index in [1.165, 1.54) is 0 Å². The number of carbonyl (C=O) groups is 1. The molecular formula is C24H25F6N3O3S. The van der Waals surface area contributed by atoms with Gasteiger partial charge in [-0.25, -0.2) is 17.2 Å². The summed E-state index contributed by atoms with van der Waals surface area (Å²) < 4.78 is 111. The van der Waals surface area contributed by atoms with E-state index < -0.39 is 73.7 Å². The predicted octanol–water partition coefficient (Wildman–Crippen LogP) is 3.99. The Morgan fingerprint density at radius 3 is 2.19 bits per heavy atom. The molecule has 0 radical (unpaired) electrons. The van der Waals surface area contributed by atoms with E-state index in [2.05, 4.69) is 10.6 Å². The Labute approximate surface area is 209 Å². The van der Waals surface area contributed by atoms with Gasteiger partial charge in [-0.2, -0.15) is 17.6 Å². The van der Waals surface area contributed by atoms with Gasteiger partial charge in [-0.15, -0.1) is 0 Å². The Hall–Kier alpha value is -2.64. The van der Waals surface area contributed by atoms with Crippen molar-refractivity contribution in [2.45, 2.75) is 54.0 Å². The van der Waals surface area contributed by atoms with Crippen LogP contribution in [-0.2, 0) is 19.8 Å². The Morgan fingerprint density at radius 2 is 1.62 bits per heavy atom. The fourth-order valence-electron chi connectivity index (χ4n) is 4.64. The average molecular weight is 550 g/mol. The smallest absolute Gasteiger partial charge is 0.309 e. The molecule has 2 aromatic rings. The molecule has 13 heteroatoms. The van der Waals surface area contributed by atoms with Gasteiger partial charge >= 0.3 is 11.3 Å². The topological polar surface area (TPSA) is 87.3 Å². The van der Waals surface area contributed by atoms with E-state index in [1.54, 1.807) is 0 Å².